The van der Waals surface area contributed by atoms with Crippen LogP contribution in [0.4, 0.5) is 0 Å². The first-order valence-electron chi connectivity index (χ1n) is 7.04. The lowest BCUT2D eigenvalue weighted by Gasteiger charge is -2.04. The van der Waals surface area contributed by atoms with E-state index in [2.05, 4.69) is 22.1 Å². The fourth-order valence-electron chi connectivity index (χ4n) is 2.67. The summed E-state index contributed by atoms with van der Waals surface area (Å²) in [6.07, 6.45) is 0.826. The Balaban J connectivity index is 1.90. The van der Waals surface area contributed by atoms with Gasteiger partial charge >= 0.3 is 5.97 Å². The molecule has 2 aromatic rings. The van der Waals surface area contributed by atoms with Crippen LogP contribution in [0.3, 0.4) is 0 Å². The molecule has 0 radical (unpaired) electrons. The number of hydrogen-bond donors (Lipinski definition) is 0. The molecule has 0 fully saturated rings. The summed E-state index contributed by atoms with van der Waals surface area (Å²) in [5, 5.41) is 3.55. The minimum absolute atomic E-state index is 0.158. The quantitative estimate of drug-likeness (QED) is 0.322. The fourth-order valence-corrected chi connectivity index (χ4v) is 2.67. The molecule has 0 saturated heterocycles. The minimum atomic E-state index is -0.545. The van der Waals surface area contributed by atoms with Crippen LogP contribution in [0.5, 0.6) is 0 Å². The van der Waals surface area contributed by atoms with Crippen LogP contribution in [0, 0.1) is 0 Å². The number of carbonyl (C=O) groups excluding carboxylic acids is 2. The molecule has 0 aliphatic heterocycles. The van der Waals surface area contributed by atoms with E-state index in [1.54, 1.807) is 6.07 Å². The summed E-state index contributed by atoms with van der Waals surface area (Å²) in [6.45, 7) is 2.78. The number of ketones is 1. The standard InChI is InChI=1S/C18H15NO3/c1-11(19-22-12(2)20)18(21)14-7-8-17-15(10-14)9-13-5-3-4-6-16(13)17/h3-8,10H,9H2,1-2H3/b19-11+. The zero-order valence-corrected chi connectivity index (χ0v) is 12.4. The second-order valence-electron chi connectivity index (χ2n) is 5.29. The van der Waals surface area contributed by atoms with E-state index < -0.39 is 5.97 Å². The third-order valence-corrected chi connectivity index (χ3v) is 3.70. The fraction of sp³-hybridized carbons (Fsp3) is 0.167. The molecule has 0 N–H and O–H groups in total. The Kier molecular flexibility index (Phi) is 3.59. The molecule has 0 unspecified atom stereocenters. The number of oxime groups is 1. The number of Topliss-reactive ketones (excluding diaryl/α,β-unsaturated/α-hetero) is 1. The van der Waals surface area contributed by atoms with Crippen molar-refractivity contribution in [1.82, 2.24) is 0 Å². The number of benzene rings is 2. The van der Waals surface area contributed by atoms with Gasteiger partial charge < -0.3 is 4.84 Å². The lowest BCUT2D eigenvalue weighted by Crippen LogP contribution is -2.12. The summed E-state index contributed by atoms with van der Waals surface area (Å²) in [6, 6.07) is 13.9. The molecule has 0 atom stereocenters. The Morgan fingerprint density at radius 1 is 1.00 bits per heavy atom. The molecule has 0 heterocycles. The molecule has 0 aromatic heterocycles. The average Bonchev–Trinajstić information content (AvgIpc) is 2.89. The summed E-state index contributed by atoms with van der Waals surface area (Å²) >= 11 is 0. The predicted molar refractivity (Wildman–Crippen MR) is 83.9 cm³/mol. The van der Waals surface area contributed by atoms with E-state index in [1.165, 1.54) is 30.5 Å². The third kappa shape index (κ3) is 2.55. The average molecular weight is 293 g/mol. The summed E-state index contributed by atoms with van der Waals surface area (Å²) in [7, 11) is 0. The zero-order valence-electron chi connectivity index (χ0n) is 12.4. The van der Waals surface area contributed by atoms with Crippen LogP contribution >= 0.6 is 0 Å². The number of carbonyl (C=O) groups is 2. The van der Waals surface area contributed by atoms with Crippen LogP contribution in [-0.2, 0) is 16.1 Å². The smallest absolute Gasteiger partial charge is 0.318 e. The number of fused-ring (bicyclic) bond motifs is 3. The Morgan fingerprint density at radius 2 is 1.73 bits per heavy atom. The summed E-state index contributed by atoms with van der Waals surface area (Å²) in [5.41, 5.74) is 5.51. The second-order valence-corrected chi connectivity index (χ2v) is 5.29. The third-order valence-electron chi connectivity index (χ3n) is 3.70. The summed E-state index contributed by atoms with van der Waals surface area (Å²) in [4.78, 5) is 27.6. The van der Waals surface area contributed by atoms with E-state index in [-0.39, 0.29) is 11.5 Å². The maximum Gasteiger partial charge on any atom is 0.331 e. The van der Waals surface area contributed by atoms with Gasteiger partial charge in [0.15, 0.2) is 0 Å². The van der Waals surface area contributed by atoms with Crippen LogP contribution in [-0.4, -0.2) is 17.5 Å². The van der Waals surface area contributed by atoms with Gasteiger partial charge in [-0.05, 0) is 41.7 Å². The summed E-state index contributed by atoms with van der Waals surface area (Å²) < 4.78 is 0. The van der Waals surface area contributed by atoms with E-state index >= 15 is 0 Å². The Labute approximate surface area is 128 Å². The van der Waals surface area contributed by atoms with E-state index in [4.69, 9.17) is 0 Å². The highest BCUT2D eigenvalue weighted by Gasteiger charge is 2.20. The molecule has 0 spiro atoms. The van der Waals surface area contributed by atoms with Crippen molar-refractivity contribution in [2.45, 2.75) is 20.3 Å². The van der Waals surface area contributed by atoms with Crippen molar-refractivity contribution < 1.29 is 14.4 Å². The highest BCUT2D eigenvalue weighted by Crippen LogP contribution is 2.36. The largest absolute Gasteiger partial charge is 0.331 e. The van der Waals surface area contributed by atoms with Crippen molar-refractivity contribution in [3.63, 3.8) is 0 Å². The predicted octanol–water partition coefficient (Wildman–Crippen LogP) is 3.38. The molecule has 0 amide bonds. The number of hydrogen-bond acceptors (Lipinski definition) is 4. The van der Waals surface area contributed by atoms with Crippen LogP contribution in [0.1, 0.15) is 35.3 Å². The van der Waals surface area contributed by atoms with Gasteiger partial charge in [0.2, 0.25) is 5.78 Å². The normalized spacial score (nSPS) is 12.5. The minimum Gasteiger partial charge on any atom is -0.318 e. The highest BCUT2D eigenvalue weighted by atomic mass is 16.7. The first-order valence-corrected chi connectivity index (χ1v) is 7.04. The van der Waals surface area contributed by atoms with Crippen molar-refractivity contribution in [1.29, 1.82) is 0 Å². The van der Waals surface area contributed by atoms with Crippen LogP contribution < -0.4 is 0 Å². The molecule has 0 saturated carbocycles. The number of nitrogens with zero attached hydrogens (tertiary/aromatic N) is 1. The van der Waals surface area contributed by atoms with Crippen LogP contribution in [0.25, 0.3) is 11.1 Å². The second kappa shape index (κ2) is 5.56. The molecular weight excluding hydrogens is 278 g/mol. The molecule has 1 aliphatic carbocycles. The zero-order chi connectivity index (χ0) is 15.7. The van der Waals surface area contributed by atoms with Crippen molar-refractivity contribution in [2.24, 2.45) is 5.16 Å². The Hall–Kier alpha value is -2.75. The van der Waals surface area contributed by atoms with Gasteiger partial charge in [-0.15, -0.1) is 0 Å². The Morgan fingerprint density at radius 3 is 2.50 bits per heavy atom. The maximum absolute atomic E-state index is 12.3. The van der Waals surface area contributed by atoms with Crippen LogP contribution in [0.15, 0.2) is 47.6 Å². The Bertz CT molecular complexity index is 806. The van der Waals surface area contributed by atoms with Crippen molar-refractivity contribution in [3.05, 3.63) is 59.2 Å². The number of rotatable bonds is 3. The molecule has 2 aromatic carbocycles. The summed E-state index contributed by atoms with van der Waals surface area (Å²) in [5.74, 6) is -0.781. The molecule has 1 aliphatic rings. The van der Waals surface area contributed by atoms with E-state index in [9.17, 15) is 9.59 Å². The van der Waals surface area contributed by atoms with E-state index in [0.717, 1.165) is 12.0 Å². The molecule has 0 bridgehead atoms. The molecule has 3 rings (SSSR count). The van der Waals surface area contributed by atoms with Gasteiger partial charge in [-0.1, -0.05) is 41.6 Å². The lowest BCUT2D eigenvalue weighted by molar-refractivity contribution is -0.140. The molecule has 110 valence electrons. The van der Waals surface area contributed by atoms with Gasteiger partial charge in [0.25, 0.3) is 0 Å². The molecule has 22 heavy (non-hydrogen) atoms. The van der Waals surface area contributed by atoms with Crippen molar-refractivity contribution in [2.75, 3.05) is 0 Å². The van der Waals surface area contributed by atoms with Gasteiger partial charge in [-0.25, -0.2) is 4.79 Å². The van der Waals surface area contributed by atoms with Gasteiger partial charge in [0.1, 0.15) is 5.71 Å². The lowest BCUT2D eigenvalue weighted by atomic mass is 10.0. The van der Waals surface area contributed by atoms with Gasteiger partial charge in [0, 0.05) is 12.5 Å². The molecule has 4 nitrogen and oxygen atoms in total. The molecule has 4 heteroatoms. The van der Waals surface area contributed by atoms with Crippen molar-refractivity contribution >= 4 is 17.5 Å². The van der Waals surface area contributed by atoms with Gasteiger partial charge in [-0.3, -0.25) is 4.79 Å². The van der Waals surface area contributed by atoms with Crippen LogP contribution in [0.2, 0.25) is 0 Å². The first kappa shape index (κ1) is 14.2. The van der Waals surface area contributed by atoms with Gasteiger partial charge in [-0.2, -0.15) is 0 Å². The van der Waals surface area contributed by atoms with E-state index in [1.807, 2.05) is 24.3 Å². The molecular formula is C18H15NO3. The van der Waals surface area contributed by atoms with Crippen molar-refractivity contribution in [3.8, 4) is 11.1 Å². The van der Waals surface area contributed by atoms with Gasteiger partial charge in [0.05, 0.1) is 0 Å². The SMILES string of the molecule is CC(=O)O/N=C(\C)C(=O)c1ccc2c(c1)Cc1ccccc1-2. The topological polar surface area (TPSA) is 55.7 Å². The monoisotopic (exact) mass is 293 g/mol. The first-order chi connectivity index (χ1) is 10.6. The highest BCUT2D eigenvalue weighted by molar-refractivity contribution is 6.45. The van der Waals surface area contributed by atoms with E-state index in [0.29, 0.717) is 5.56 Å². The maximum atomic E-state index is 12.3.